The predicted molar refractivity (Wildman–Crippen MR) is 105 cm³/mol. The van der Waals surface area contributed by atoms with E-state index in [1.807, 2.05) is 25.2 Å². The Bertz CT molecular complexity index is 719. The van der Waals surface area contributed by atoms with Crippen molar-refractivity contribution in [2.75, 3.05) is 58.3 Å². The molecule has 7 heteroatoms. The highest BCUT2D eigenvalue weighted by molar-refractivity contribution is 5.94. The third-order valence-corrected chi connectivity index (χ3v) is 4.68. The Kier molecular flexibility index (Phi) is 7.12. The Morgan fingerprint density at radius 2 is 2.00 bits per heavy atom. The molecular formula is C20H27N5O2. The van der Waals surface area contributed by atoms with E-state index in [4.69, 9.17) is 4.74 Å². The first-order valence-electron chi connectivity index (χ1n) is 9.37. The fraction of sp³-hybridized carbons (Fsp3) is 0.450. The van der Waals surface area contributed by atoms with Crippen molar-refractivity contribution in [3.05, 3.63) is 54.0 Å². The van der Waals surface area contributed by atoms with Crippen LogP contribution in [0.1, 0.15) is 15.9 Å². The molecule has 1 saturated heterocycles. The van der Waals surface area contributed by atoms with Crippen LogP contribution in [0.25, 0.3) is 0 Å². The van der Waals surface area contributed by atoms with Gasteiger partial charge in [-0.3, -0.25) is 14.7 Å². The summed E-state index contributed by atoms with van der Waals surface area (Å²) in [4.78, 5) is 25.1. The van der Waals surface area contributed by atoms with Crippen molar-refractivity contribution in [3.63, 3.8) is 0 Å². The molecule has 27 heavy (non-hydrogen) atoms. The van der Waals surface area contributed by atoms with Gasteiger partial charge in [-0.1, -0.05) is 0 Å². The van der Waals surface area contributed by atoms with E-state index in [9.17, 15) is 4.79 Å². The molecule has 0 atom stereocenters. The molecule has 3 heterocycles. The van der Waals surface area contributed by atoms with E-state index >= 15 is 0 Å². The van der Waals surface area contributed by atoms with Gasteiger partial charge in [0, 0.05) is 63.9 Å². The largest absolute Gasteiger partial charge is 0.379 e. The van der Waals surface area contributed by atoms with Crippen LogP contribution < -0.4 is 5.32 Å². The lowest BCUT2D eigenvalue weighted by Gasteiger charge is -2.26. The number of carbonyl (C=O) groups is 1. The number of nitrogens with zero attached hydrogens (tertiary/aromatic N) is 4. The zero-order chi connectivity index (χ0) is 18.9. The SMILES string of the molecule is CN(CCc1ccncc1)C(=O)c1ccnc(NCCN2CCOCC2)c1. The van der Waals surface area contributed by atoms with E-state index in [-0.39, 0.29) is 5.91 Å². The van der Waals surface area contributed by atoms with Gasteiger partial charge >= 0.3 is 0 Å². The van der Waals surface area contributed by atoms with Gasteiger partial charge in [0.15, 0.2) is 0 Å². The lowest BCUT2D eigenvalue weighted by Crippen LogP contribution is -2.39. The summed E-state index contributed by atoms with van der Waals surface area (Å²) in [5.74, 6) is 0.735. The van der Waals surface area contributed by atoms with E-state index in [0.29, 0.717) is 12.1 Å². The smallest absolute Gasteiger partial charge is 0.253 e. The molecule has 2 aromatic rings. The van der Waals surface area contributed by atoms with Crippen molar-refractivity contribution in [1.29, 1.82) is 0 Å². The second-order valence-electron chi connectivity index (χ2n) is 6.64. The minimum atomic E-state index is 0.00249. The molecule has 1 amide bonds. The van der Waals surface area contributed by atoms with Gasteiger partial charge in [-0.25, -0.2) is 4.98 Å². The van der Waals surface area contributed by atoms with Gasteiger partial charge in [0.05, 0.1) is 13.2 Å². The monoisotopic (exact) mass is 369 g/mol. The van der Waals surface area contributed by atoms with Gasteiger partial charge in [0.1, 0.15) is 5.82 Å². The summed E-state index contributed by atoms with van der Waals surface area (Å²) >= 11 is 0. The second-order valence-corrected chi connectivity index (χ2v) is 6.64. The van der Waals surface area contributed by atoms with Crippen molar-refractivity contribution >= 4 is 11.7 Å². The Balaban J connectivity index is 1.48. The highest BCUT2D eigenvalue weighted by atomic mass is 16.5. The number of anilines is 1. The maximum Gasteiger partial charge on any atom is 0.253 e. The number of aromatic nitrogens is 2. The Morgan fingerprint density at radius 3 is 2.78 bits per heavy atom. The minimum absolute atomic E-state index is 0.00249. The zero-order valence-corrected chi connectivity index (χ0v) is 15.8. The van der Waals surface area contributed by atoms with E-state index < -0.39 is 0 Å². The molecule has 0 aromatic carbocycles. The number of ether oxygens (including phenoxy) is 1. The Labute approximate surface area is 160 Å². The highest BCUT2D eigenvalue weighted by Crippen LogP contribution is 2.10. The molecule has 1 fully saturated rings. The molecule has 144 valence electrons. The van der Waals surface area contributed by atoms with Crippen molar-refractivity contribution in [2.24, 2.45) is 0 Å². The molecule has 3 rings (SSSR count). The van der Waals surface area contributed by atoms with Gasteiger partial charge in [-0.05, 0) is 36.2 Å². The second kappa shape index (κ2) is 9.99. The molecule has 0 aliphatic carbocycles. The van der Waals surface area contributed by atoms with Crippen LogP contribution in [0, 0.1) is 0 Å². The van der Waals surface area contributed by atoms with Crippen LogP contribution in [0.4, 0.5) is 5.82 Å². The molecule has 2 aromatic heterocycles. The molecule has 0 spiro atoms. The van der Waals surface area contributed by atoms with Crippen LogP contribution in [-0.4, -0.2) is 78.7 Å². The molecule has 0 unspecified atom stereocenters. The fourth-order valence-electron chi connectivity index (χ4n) is 3.00. The maximum atomic E-state index is 12.7. The van der Waals surface area contributed by atoms with E-state index in [0.717, 1.165) is 51.6 Å². The van der Waals surface area contributed by atoms with Crippen molar-refractivity contribution < 1.29 is 9.53 Å². The lowest BCUT2D eigenvalue weighted by atomic mass is 10.2. The van der Waals surface area contributed by atoms with Crippen LogP contribution >= 0.6 is 0 Å². The van der Waals surface area contributed by atoms with Gasteiger partial charge in [0.2, 0.25) is 0 Å². The van der Waals surface area contributed by atoms with E-state index in [1.54, 1.807) is 29.6 Å². The maximum absolute atomic E-state index is 12.7. The van der Waals surface area contributed by atoms with Crippen LogP contribution in [-0.2, 0) is 11.2 Å². The first-order chi connectivity index (χ1) is 13.2. The summed E-state index contributed by atoms with van der Waals surface area (Å²) in [6, 6.07) is 7.53. The van der Waals surface area contributed by atoms with Crippen LogP contribution in [0.15, 0.2) is 42.9 Å². The fourth-order valence-corrected chi connectivity index (χ4v) is 3.00. The molecule has 0 radical (unpaired) electrons. The number of amides is 1. The van der Waals surface area contributed by atoms with Crippen LogP contribution in [0.2, 0.25) is 0 Å². The van der Waals surface area contributed by atoms with Crippen molar-refractivity contribution in [3.8, 4) is 0 Å². The first kappa shape index (κ1) is 19.3. The molecule has 1 aliphatic rings. The van der Waals surface area contributed by atoms with Crippen LogP contribution in [0.5, 0.6) is 0 Å². The Morgan fingerprint density at radius 1 is 1.22 bits per heavy atom. The number of hydrogen-bond donors (Lipinski definition) is 1. The number of nitrogens with one attached hydrogen (secondary N) is 1. The standard InChI is InChI=1S/C20H27N5O2/c1-24(10-5-17-2-6-21-7-3-17)20(26)18-4-8-22-19(16-18)23-9-11-25-12-14-27-15-13-25/h2-4,6-8,16H,5,9-15H2,1H3,(H,22,23). The molecule has 7 nitrogen and oxygen atoms in total. The number of likely N-dealkylation sites (N-methyl/N-ethyl adjacent to an activating group) is 1. The number of pyridine rings is 2. The lowest BCUT2D eigenvalue weighted by molar-refractivity contribution is 0.0398. The minimum Gasteiger partial charge on any atom is -0.379 e. The third kappa shape index (κ3) is 6.01. The number of carbonyl (C=O) groups excluding carboxylic acids is 1. The average molecular weight is 369 g/mol. The summed E-state index contributed by atoms with van der Waals surface area (Å²) in [6.45, 7) is 5.93. The normalized spacial score (nSPS) is 14.7. The molecule has 0 saturated carbocycles. The number of morpholine rings is 1. The highest BCUT2D eigenvalue weighted by Gasteiger charge is 2.13. The van der Waals surface area contributed by atoms with E-state index in [1.165, 1.54) is 5.56 Å². The zero-order valence-electron chi connectivity index (χ0n) is 15.8. The molecule has 0 bridgehead atoms. The summed E-state index contributed by atoms with van der Waals surface area (Å²) < 4.78 is 5.36. The quantitative estimate of drug-likeness (QED) is 0.761. The van der Waals surface area contributed by atoms with Gasteiger partial charge < -0.3 is 15.0 Å². The summed E-state index contributed by atoms with van der Waals surface area (Å²) in [5, 5.41) is 3.31. The van der Waals surface area contributed by atoms with Crippen molar-refractivity contribution in [1.82, 2.24) is 19.8 Å². The van der Waals surface area contributed by atoms with Crippen LogP contribution in [0.3, 0.4) is 0 Å². The number of hydrogen-bond acceptors (Lipinski definition) is 6. The molecular weight excluding hydrogens is 342 g/mol. The summed E-state index contributed by atoms with van der Waals surface area (Å²) in [5.41, 5.74) is 1.82. The first-order valence-corrected chi connectivity index (χ1v) is 9.37. The molecule has 1 N–H and O–H groups in total. The predicted octanol–water partition coefficient (Wildman–Crippen LogP) is 1.54. The topological polar surface area (TPSA) is 70.6 Å². The van der Waals surface area contributed by atoms with Crippen molar-refractivity contribution in [2.45, 2.75) is 6.42 Å². The van der Waals surface area contributed by atoms with Gasteiger partial charge in [0.25, 0.3) is 5.91 Å². The molecule has 1 aliphatic heterocycles. The third-order valence-electron chi connectivity index (χ3n) is 4.68. The number of rotatable bonds is 8. The Hall–Kier alpha value is -2.51. The summed E-state index contributed by atoms with van der Waals surface area (Å²) in [7, 11) is 1.83. The van der Waals surface area contributed by atoms with E-state index in [2.05, 4.69) is 20.2 Å². The summed E-state index contributed by atoms with van der Waals surface area (Å²) in [6.07, 6.45) is 6.03. The van der Waals surface area contributed by atoms with Gasteiger partial charge in [-0.15, -0.1) is 0 Å². The average Bonchev–Trinajstić information content (AvgIpc) is 2.73. The van der Waals surface area contributed by atoms with Gasteiger partial charge in [-0.2, -0.15) is 0 Å².